The van der Waals surface area contributed by atoms with Gasteiger partial charge in [0, 0.05) is 62.4 Å². The van der Waals surface area contributed by atoms with Crippen molar-refractivity contribution in [3.05, 3.63) is 53.8 Å². The number of piperazine rings is 1. The molecule has 2 unspecified atom stereocenters. The van der Waals surface area contributed by atoms with Gasteiger partial charge in [-0.2, -0.15) is 0 Å². The molecule has 5 rings (SSSR count). The number of anilines is 2. The number of ether oxygens (including phenoxy) is 1. The number of carbonyl (C=O) groups is 1. The number of ketones is 1. The van der Waals surface area contributed by atoms with Gasteiger partial charge in [0.15, 0.2) is 0 Å². The van der Waals surface area contributed by atoms with E-state index in [4.69, 9.17) is 4.74 Å². The summed E-state index contributed by atoms with van der Waals surface area (Å²) in [5.41, 5.74) is 3.51. The van der Waals surface area contributed by atoms with Gasteiger partial charge in [0.05, 0.1) is 12.8 Å². The van der Waals surface area contributed by atoms with Gasteiger partial charge in [-0.3, -0.25) is 9.69 Å². The van der Waals surface area contributed by atoms with Crippen molar-refractivity contribution in [1.29, 1.82) is 0 Å². The third kappa shape index (κ3) is 4.46. The Balaban J connectivity index is 1.30. The van der Waals surface area contributed by atoms with Crippen LogP contribution in [0.25, 0.3) is 0 Å². The van der Waals surface area contributed by atoms with E-state index in [9.17, 15) is 9.18 Å². The first kappa shape index (κ1) is 21.3. The Hall–Kier alpha value is -2.60. The van der Waals surface area contributed by atoms with Crippen LogP contribution in [0.5, 0.6) is 5.75 Å². The summed E-state index contributed by atoms with van der Waals surface area (Å²) < 4.78 is 19.0. The fourth-order valence-corrected chi connectivity index (χ4v) is 5.26. The number of Topliss-reactive ketones (excluding diaryl/α,β-unsaturated/α-hetero) is 1. The number of halogens is 1. The lowest BCUT2D eigenvalue weighted by molar-refractivity contribution is -0.121. The highest BCUT2D eigenvalue weighted by atomic mass is 19.1. The lowest BCUT2D eigenvalue weighted by Crippen LogP contribution is -2.56. The quantitative estimate of drug-likeness (QED) is 0.706. The molecule has 2 aromatic rings. The molecular formula is C26H32FN3O2. The van der Waals surface area contributed by atoms with Gasteiger partial charge in [-0.05, 0) is 49.4 Å². The normalized spacial score (nSPS) is 22.1. The van der Waals surface area contributed by atoms with Gasteiger partial charge in [-0.25, -0.2) is 4.39 Å². The molecule has 32 heavy (non-hydrogen) atoms. The molecule has 6 heteroatoms. The lowest BCUT2D eigenvalue weighted by Gasteiger charge is -2.44. The maximum Gasteiger partial charge on any atom is 0.145 e. The summed E-state index contributed by atoms with van der Waals surface area (Å²) in [4.78, 5) is 17.6. The van der Waals surface area contributed by atoms with E-state index >= 15 is 0 Å². The molecule has 2 fully saturated rings. The minimum Gasteiger partial charge on any atom is -0.494 e. The lowest BCUT2D eigenvalue weighted by atomic mass is 9.89. The summed E-state index contributed by atoms with van der Waals surface area (Å²) in [5.74, 6) is 1.01. The molecule has 0 spiro atoms. The van der Waals surface area contributed by atoms with Crippen molar-refractivity contribution in [3.8, 4) is 5.75 Å². The van der Waals surface area contributed by atoms with Crippen LogP contribution in [0.2, 0.25) is 0 Å². The molecule has 2 atom stereocenters. The van der Waals surface area contributed by atoms with Gasteiger partial charge in [0.25, 0.3) is 0 Å². The van der Waals surface area contributed by atoms with E-state index in [0.29, 0.717) is 18.0 Å². The van der Waals surface area contributed by atoms with Gasteiger partial charge < -0.3 is 15.0 Å². The van der Waals surface area contributed by atoms with Crippen LogP contribution in [0.3, 0.4) is 0 Å². The zero-order chi connectivity index (χ0) is 22.1. The summed E-state index contributed by atoms with van der Waals surface area (Å²) >= 11 is 0. The zero-order valence-corrected chi connectivity index (χ0v) is 18.7. The highest BCUT2D eigenvalue weighted by Crippen LogP contribution is 2.35. The third-order valence-electron chi connectivity index (χ3n) is 7.26. The number of fused-ring (bicyclic) bond motifs is 1. The maximum absolute atomic E-state index is 13.6. The first-order valence-electron chi connectivity index (χ1n) is 11.8. The first-order chi connectivity index (χ1) is 15.6. The number of rotatable bonds is 7. The van der Waals surface area contributed by atoms with Crippen LogP contribution in [-0.2, 0) is 11.2 Å². The Morgan fingerprint density at radius 1 is 1.12 bits per heavy atom. The maximum atomic E-state index is 13.6. The summed E-state index contributed by atoms with van der Waals surface area (Å²) in [6, 6.07) is 13.7. The fourth-order valence-electron chi connectivity index (χ4n) is 5.26. The van der Waals surface area contributed by atoms with E-state index < -0.39 is 0 Å². The highest BCUT2D eigenvalue weighted by molar-refractivity contribution is 5.83. The Labute approximate surface area is 189 Å². The van der Waals surface area contributed by atoms with Gasteiger partial charge in [0.2, 0.25) is 0 Å². The number of methoxy groups -OCH3 is 1. The van der Waals surface area contributed by atoms with Gasteiger partial charge in [-0.1, -0.05) is 18.2 Å². The third-order valence-corrected chi connectivity index (χ3v) is 7.26. The molecule has 2 aromatic carbocycles. The molecule has 1 N–H and O–H groups in total. The Morgan fingerprint density at radius 2 is 1.91 bits per heavy atom. The fraction of sp³-hybridized carbons (Fsp3) is 0.500. The van der Waals surface area contributed by atoms with Crippen LogP contribution in [0, 0.1) is 11.7 Å². The van der Waals surface area contributed by atoms with Crippen molar-refractivity contribution >= 4 is 17.2 Å². The zero-order valence-electron chi connectivity index (χ0n) is 18.7. The largest absolute Gasteiger partial charge is 0.494 e. The van der Waals surface area contributed by atoms with Crippen molar-refractivity contribution in [3.63, 3.8) is 0 Å². The van der Waals surface area contributed by atoms with Crippen LogP contribution in [0.1, 0.15) is 31.2 Å². The number of para-hydroxylation sites is 1. The second-order valence-electron chi connectivity index (χ2n) is 9.30. The Kier molecular flexibility index (Phi) is 6.05. The molecule has 0 bridgehead atoms. The van der Waals surface area contributed by atoms with Crippen molar-refractivity contribution in [2.75, 3.05) is 43.5 Å². The Morgan fingerprint density at radius 3 is 2.66 bits per heavy atom. The van der Waals surface area contributed by atoms with Crippen LogP contribution in [-0.4, -0.2) is 56.1 Å². The average Bonchev–Trinajstić information content (AvgIpc) is 3.68. The van der Waals surface area contributed by atoms with E-state index in [1.54, 1.807) is 13.2 Å². The molecule has 3 aliphatic rings. The molecule has 1 aliphatic carbocycles. The standard InChI is InChI=1S/C26H32FN3O2/c1-32-26-16-20(27)9-11-23(26)29-12-14-30(15-13-29)24(17-25(31)19-6-7-19)22-10-8-18-4-2-3-5-21(18)28-22/h2-5,9,11,16,19,22,24,28H,6-8,10,12-15,17H2,1H3. The van der Waals surface area contributed by atoms with Gasteiger partial charge >= 0.3 is 0 Å². The second kappa shape index (κ2) is 9.10. The van der Waals surface area contributed by atoms with E-state index in [2.05, 4.69) is 39.4 Å². The highest BCUT2D eigenvalue weighted by Gasteiger charge is 2.37. The molecule has 1 saturated heterocycles. The topological polar surface area (TPSA) is 44.8 Å². The summed E-state index contributed by atoms with van der Waals surface area (Å²) in [5, 5.41) is 3.76. The minimum atomic E-state index is -0.286. The number of benzene rings is 2. The smallest absolute Gasteiger partial charge is 0.145 e. The molecular weight excluding hydrogens is 405 g/mol. The van der Waals surface area contributed by atoms with Crippen molar-refractivity contribution < 1.29 is 13.9 Å². The SMILES string of the molecule is COc1cc(F)ccc1N1CCN(C(CC(=O)C2CC2)C2CCc3ccccc3N2)CC1. The van der Waals surface area contributed by atoms with Crippen molar-refractivity contribution in [2.45, 2.75) is 44.2 Å². The number of hydrogen-bond acceptors (Lipinski definition) is 5. The summed E-state index contributed by atoms with van der Waals surface area (Å²) in [6.07, 6.45) is 4.85. The van der Waals surface area contributed by atoms with E-state index in [1.165, 1.54) is 23.4 Å². The molecule has 2 heterocycles. The van der Waals surface area contributed by atoms with Crippen molar-refractivity contribution in [2.24, 2.45) is 5.92 Å². The van der Waals surface area contributed by atoms with Crippen molar-refractivity contribution in [1.82, 2.24) is 4.90 Å². The van der Waals surface area contributed by atoms with Crippen LogP contribution >= 0.6 is 0 Å². The van der Waals surface area contributed by atoms with E-state index in [-0.39, 0.29) is 23.8 Å². The number of nitrogens with one attached hydrogen (secondary N) is 1. The number of aryl methyl sites for hydroxylation is 1. The van der Waals surface area contributed by atoms with E-state index in [0.717, 1.165) is 57.5 Å². The molecule has 1 saturated carbocycles. The Bertz CT molecular complexity index is 969. The van der Waals surface area contributed by atoms with E-state index in [1.807, 2.05) is 0 Å². The molecule has 0 radical (unpaired) electrons. The minimum absolute atomic E-state index is 0.203. The number of hydrogen-bond donors (Lipinski definition) is 1. The van der Waals surface area contributed by atoms with Crippen LogP contribution < -0.4 is 15.0 Å². The summed E-state index contributed by atoms with van der Waals surface area (Å²) in [6.45, 7) is 3.42. The van der Waals surface area contributed by atoms with Gasteiger partial charge in [0.1, 0.15) is 17.3 Å². The summed E-state index contributed by atoms with van der Waals surface area (Å²) in [7, 11) is 1.58. The predicted molar refractivity (Wildman–Crippen MR) is 125 cm³/mol. The second-order valence-corrected chi connectivity index (χ2v) is 9.30. The average molecular weight is 438 g/mol. The molecule has 5 nitrogen and oxygen atoms in total. The van der Waals surface area contributed by atoms with Gasteiger partial charge in [-0.15, -0.1) is 0 Å². The molecule has 0 amide bonds. The molecule has 2 aliphatic heterocycles. The number of carbonyl (C=O) groups excluding carboxylic acids is 1. The van der Waals surface area contributed by atoms with Crippen LogP contribution in [0.15, 0.2) is 42.5 Å². The predicted octanol–water partition coefficient (Wildman–Crippen LogP) is 4.12. The number of nitrogens with zero attached hydrogens (tertiary/aromatic N) is 2. The molecule has 0 aromatic heterocycles. The first-order valence-corrected chi connectivity index (χ1v) is 11.8. The monoisotopic (exact) mass is 437 g/mol. The van der Waals surface area contributed by atoms with Crippen LogP contribution in [0.4, 0.5) is 15.8 Å². The molecule has 170 valence electrons.